The molecule has 164 valence electrons. The van der Waals surface area contributed by atoms with E-state index < -0.39 is 29.8 Å². The summed E-state index contributed by atoms with van der Waals surface area (Å²) in [5, 5.41) is -0.370. The minimum Gasteiger partial charge on any atom is -0.406 e. The lowest BCUT2D eigenvalue weighted by Gasteiger charge is -2.13. The van der Waals surface area contributed by atoms with E-state index >= 15 is 0 Å². The molecule has 0 aliphatic heterocycles. The zero-order valence-corrected chi connectivity index (χ0v) is 15.8. The molecule has 0 aliphatic carbocycles. The van der Waals surface area contributed by atoms with Crippen molar-refractivity contribution in [2.24, 2.45) is 0 Å². The molecular weight excluding hydrogens is 454 g/mol. The molecule has 0 bridgehead atoms. The molecule has 3 rings (SSSR count). The predicted molar refractivity (Wildman–Crippen MR) is 97.8 cm³/mol. The van der Waals surface area contributed by atoms with Gasteiger partial charge in [-0.1, -0.05) is 11.6 Å². The number of anilines is 1. The highest BCUT2D eigenvalue weighted by atomic mass is 35.5. The maximum atomic E-state index is 12.7. The van der Waals surface area contributed by atoms with Crippen LogP contribution in [0.4, 0.5) is 32.2 Å². The zero-order valence-electron chi connectivity index (χ0n) is 15.1. The first-order valence-electron chi connectivity index (χ1n) is 8.27. The molecule has 0 fully saturated rings. The molecule has 31 heavy (non-hydrogen) atoms. The number of hydrazine groups is 1. The second-order valence-electron chi connectivity index (χ2n) is 5.94. The van der Waals surface area contributed by atoms with Gasteiger partial charge in [-0.15, -0.1) is 13.2 Å². The fraction of sp³-hybridized carbons (Fsp3) is 0.111. The van der Waals surface area contributed by atoms with Gasteiger partial charge in [-0.3, -0.25) is 15.6 Å². The molecule has 2 heterocycles. The summed E-state index contributed by atoms with van der Waals surface area (Å²) in [5.74, 6) is -1.35. The maximum absolute atomic E-state index is 12.7. The summed E-state index contributed by atoms with van der Waals surface area (Å²) >= 11 is 5.76. The number of halogens is 7. The number of benzene rings is 1. The van der Waals surface area contributed by atoms with Gasteiger partial charge < -0.3 is 9.30 Å². The van der Waals surface area contributed by atoms with E-state index in [4.69, 9.17) is 11.6 Å². The van der Waals surface area contributed by atoms with Crippen LogP contribution in [0.1, 0.15) is 16.1 Å². The zero-order chi connectivity index (χ0) is 22.8. The van der Waals surface area contributed by atoms with Crippen LogP contribution in [0.15, 0.2) is 54.9 Å². The molecule has 3 aromatic rings. The van der Waals surface area contributed by atoms with Crippen LogP contribution in [-0.4, -0.2) is 21.8 Å². The molecule has 1 aromatic carbocycles. The fourth-order valence-corrected chi connectivity index (χ4v) is 2.68. The highest BCUT2D eigenvalue weighted by Crippen LogP contribution is 2.32. The molecule has 13 heteroatoms. The van der Waals surface area contributed by atoms with Gasteiger partial charge in [-0.25, -0.2) is 4.98 Å². The first kappa shape index (κ1) is 22.3. The van der Waals surface area contributed by atoms with Crippen LogP contribution in [-0.2, 0) is 6.18 Å². The Morgan fingerprint density at radius 3 is 2.32 bits per heavy atom. The number of carbonyl (C=O) groups is 1. The summed E-state index contributed by atoms with van der Waals surface area (Å²) in [6.07, 6.45) is -7.43. The van der Waals surface area contributed by atoms with Crippen molar-refractivity contribution in [2.45, 2.75) is 12.5 Å². The maximum Gasteiger partial charge on any atom is 0.573 e. The van der Waals surface area contributed by atoms with Gasteiger partial charge in [-0.2, -0.15) is 13.2 Å². The summed E-state index contributed by atoms with van der Waals surface area (Å²) in [6.45, 7) is 0. The Labute approximate surface area is 175 Å². The molecule has 0 atom stereocenters. The van der Waals surface area contributed by atoms with E-state index in [1.165, 1.54) is 35.0 Å². The van der Waals surface area contributed by atoms with Crippen LogP contribution in [0.5, 0.6) is 5.75 Å². The molecule has 6 nitrogen and oxygen atoms in total. The van der Waals surface area contributed by atoms with E-state index in [1.54, 1.807) is 0 Å². The third kappa shape index (κ3) is 5.60. The first-order valence-corrected chi connectivity index (χ1v) is 8.64. The number of hydrogen-bond acceptors (Lipinski definition) is 4. The van der Waals surface area contributed by atoms with Crippen LogP contribution in [0.3, 0.4) is 0 Å². The number of rotatable bonds is 5. The third-order valence-electron chi connectivity index (χ3n) is 3.79. The fourth-order valence-electron chi connectivity index (χ4n) is 2.46. The first-order chi connectivity index (χ1) is 14.4. The summed E-state index contributed by atoms with van der Waals surface area (Å²) in [6, 6.07) is 8.34. The van der Waals surface area contributed by atoms with Crippen molar-refractivity contribution in [1.29, 1.82) is 0 Å². The lowest BCUT2D eigenvalue weighted by molar-refractivity contribution is -0.274. The van der Waals surface area contributed by atoms with Crippen molar-refractivity contribution in [3.05, 3.63) is 71.1 Å². The van der Waals surface area contributed by atoms with Crippen LogP contribution in [0, 0.1) is 0 Å². The minimum atomic E-state index is -4.83. The van der Waals surface area contributed by atoms with Crippen molar-refractivity contribution in [2.75, 3.05) is 5.43 Å². The van der Waals surface area contributed by atoms with Crippen molar-refractivity contribution in [3.63, 3.8) is 0 Å². The summed E-state index contributed by atoms with van der Waals surface area (Å²) < 4.78 is 79.9. The predicted octanol–water partition coefficient (Wildman–Crippen LogP) is 5.20. The minimum absolute atomic E-state index is 0.0695. The second-order valence-corrected chi connectivity index (χ2v) is 6.34. The van der Waals surface area contributed by atoms with Crippen LogP contribution >= 0.6 is 11.6 Å². The number of hydrogen-bond donors (Lipinski definition) is 2. The quantitative estimate of drug-likeness (QED) is 0.402. The summed E-state index contributed by atoms with van der Waals surface area (Å²) in [7, 11) is 0. The standard InChI is InChI=1S/C18H11ClF6N4O2/c19-13-8-10(17(20,21)22)9-26-15(13)27-28-16(30)14-2-1-7-29(14)11-3-5-12(6-4-11)31-18(23,24)25/h1-9H,(H,26,27)(H,28,30). The molecule has 2 N–H and O–H groups in total. The molecule has 0 unspecified atom stereocenters. The Kier molecular flexibility index (Phi) is 6.02. The van der Waals surface area contributed by atoms with Crippen molar-refractivity contribution in [1.82, 2.24) is 15.0 Å². The van der Waals surface area contributed by atoms with Gasteiger partial charge in [0.05, 0.1) is 10.6 Å². The van der Waals surface area contributed by atoms with Gasteiger partial charge in [-0.05, 0) is 42.5 Å². The van der Waals surface area contributed by atoms with Crippen LogP contribution in [0.2, 0.25) is 5.02 Å². The Balaban J connectivity index is 1.71. The average Bonchev–Trinajstić information content (AvgIpc) is 3.15. The van der Waals surface area contributed by atoms with Crippen molar-refractivity contribution >= 4 is 23.3 Å². The van der Waals surface area contributed by atoms with Gasteiger partial charge in [0.1, 0.15) is 11.4 Å². The monoisotopic (exact) mass is 464 g/mol. The normalized spacial score (nSPS) is 11.8. The smallest absolute Gasteiger partial charge is 0.406 e. The van der Waals surface area contributed by atoms with Crippen molar-refractivity contribution < 1.29 is 35.9 Å². The van der Waals surface area contributed by atoms with Gasteiger partial charge in [0.15, 0.2) is 5.82 Å². The van der Waals surface area contributed by atoms with Crippen molar-refractivity contribution in [3.8, 4) is 11.4 Å². The van der Waals surface area contributed by atoms with E-state index in [0.717, 1.165) is 12.1 Å². The van der Waals surface area contributed by atoms with E-state index in [-0.39, 0.29) is 16.5 Å². The molecule has 1 amide bonds. The summed E-state index contributed by atoms with van der Waals surface area (Å²) in [4.78, 5) is 16.0. The van der Waals surface area contributed by atoms with E-state index in [0.29, 0.717) is 18.0 Å². The van der Waals surface area contributed by atoms with Crippen LogP contribution in [0.25, 0.3) is 5.69 Å². The molecule has 0 radical (unpaired) electrons. The highest BCUT2D eigenvalue weighted by molar-refractivity contribution is 6.33. The lowest BCUT2D eigenvalue weighted by atomic mass is 10.3. The van der Waals surface area contributed by atoms with E-state index in [2.05, 4.69) is 20.6 Å². The van der Waals surface area contributed by atoms with Gasteiger partial charge in [0, 0.05) is 18.1 Å². The molecule has 0 saturated heterocycles. The third-order valence-corrected chi connectivity index (χ3v) is 4.08. The molecule has 0 spiro atoms. The number of nitrogens with one attached hydrogen (secondary N) is 2. The Morgan fingerprint density at radius 2 is 1.74 bits per heavy atom. The highest BCUT2D eigenvalue weighted by Gasteiger charge is 2.32. The van der Waals surface area contributed by atoms with E-state index in [1.807, 2.05) is 0 Å². The topological polar surface area (TPSA) is 68.2 Å². The lowest BCUT2D eigenvalue weighted by Crippen LogP contribution is -2.31. The molecule has 0 saturated carbocycles. The average molecular weight is 465 g/mol. The molecule has 0 aliphatic rings. The molecular formula is C18H11ClF6N4O2. The van der Waals surface area contributed by atoms with Gasteiger partial charge in [0.25, 0.3) is 5.91 Å². The number of nitrogens with zero attached hydrogens (tertiary/aromatic N) is 2. The number of ether oxygens (including phenoxy) is 1. The molecule has 2 aromatic heterocycles. The second kappa shape index (κ2) is 8.38. The summed E-state index contributed by atoms with van der Waals surface area (Å²) in [5.41, 5.74) is 3.94. The number of amides is 1. The van der Waals surface area contributed by atoms with Crippen LogP contribution < -0.4 is 15.6 Å². The van der Waals surface area contributed by atoms with Gasteiger partial charge in [0.2, 0.25) is 0 Å². The number of carbonyl (C=O) groups excluding carboxylic acids is 1. The number of aromatic nitrogens is 2. The Morgan fingerprint density at radius 1 is 1.06 bits per heavy atom. The van der Waals surface area contributed by atoms with Gasteiger partial charge >= 0.3 is 12.5 Å². The number of alkyl halides is 6. The number of pyridine rings is 1. The largest absolute Gasteiger partial charge is 0.573 e. The van der Waals surface area contributed by atoms with E-state index in [9.17, 15) is 31.1 Å². The Bertz CT molecular complexity index is 1080. The SMILES string of the molecule is O=C(NNc1ncc(C(F)(F)F)cc1Cl)c1cccn1-c1ccc(OC(F)(F)F)cc1. The Hall–Kier alpha value is -3.41.